The fourth-order valence-corrected chi connectivity index (χ4v) is 2.51. The molecular formula is C12H10F2N2O3S2. The lowest BCUT2D eigenvalue weighted by Crippen LogP contribution is -2.22. The van der Waals surface area contributed by atoms with Gasteiger partial charge >= 0.3 is 6.61 Å². The number of thiocarbonyl (C=S) groups is 1. The van der Waals surface area contributed by atoms with Gasteiger partial charge in [0.15, 0.2) is 15.8 Å². The van der Waals surface area contributed by atoms with E-state index in [0.29, 0.717) is 9.88 Å². The van der Waals surface area contributed by atoms with E-state index in [9.17, 15) is 13.6 Å². The van der Waals surface area contributed by atoms with Crippen LogP contribution in [0.2, 0.25) is 0 Å². The van der Waals surface area contributed by atoms with Gasteiger partial charge < -0.3 is 9.47 Å². The van der Waals surface area contributed by atoms with E-state index < -0.39 is 6.61 Å². The molecule has 0 N–H and O–H groups in total. The Morgan fingerprint density at radius 2 is 2.24 bits per heavy atom. The van der Waals surface area contributed by atoms with E-state index in [1.165, 1.54) is 43.3 Å². The number of thioether (sulfide) groups is 1. The van der Waals surface area contributed by atoms with Crippen LogP contribution < -0.4 is 9.47 Å². The zero-order valence-electron chi connectivity index (χ0n) is 10.8. The van der Waals surface area contributed by atoms with Crippen molar-refractivity contribution in [1.82, 2.24) is 5.01 Å². The zero-order valence-corrected chi connectivity index (χ0v) is 12.4. The molecule has 2 rings (SSSR count). The molecule has 1 saturated heterocycles. The van der Waals surface area contributed by atoms with Crippen molar-refractivity contribution in [2.45, 2.75) is 6.61 Å². The summed E-state index contributed by atoms with van der Waals surface area (Å²) in [5, 5.41) is 5.09. The van der Waals surface area contributed by atoms with Gasteiger partial charge in [-0.25, -0.2) is 0 Å². The molecule has 1 fully saturated rings. The van der Waals surface area contributed by atoms with Crippen molar-refractivity contribution in [2.24, 2.45) is 5.10 Å². The highest BCUT2D eigenvalue weighted by Crippen LogP contribution is 2.29. The van der Waals surface area contributed by atoms with Gasteiger partial charge in [0, 0.05) is 0 Å². The minimum atomic E-state index is -2.94. The first-order chi connectivity index (χ1) is 10.0. The quantitative estimate of drug-likeness (QED) is 0.612. The predicted octanol–water partition coefficient (Wildman–Crippen LogP) is 2.49. The van der Waals surface area contributed by atoms with Gasteiger partial charge in [-0.05, 0) is 23.8 Å². The summed E-state index contributed by atoms with van der Waals surface area (Å²) in [5.74, 6) is 0.128. The Labute approximate surface area is 128 Å². The summed E-state index contributed by atoms with van der Waals surface area (Å²) < 4.78 is 34.1. The number of carbonyl (C=O) groups excluding carboxylic acids is 1. The van der Waals surface area contributed by atoms with Crippen molar-refractivity contribution in [2.75, 3.05) is 12.9 Å². The van der Waals surface area contributed by atoms with Crippen molar-refractivity contribution in [3.63, 3.8) is 0 Å². The Morgan fingerprint density at radius 1 is 1.48 bits per heavy atom. The number of benzene rings is 1. The van der Waals surface area contributed by atoms with Crippen LogP contribution in [0.3, 0.4) is 0 Å². The lowest BCUT2D eigenvalue weighted by atomic mass is 10.2. The maximum absolute atomic E-state index is 12.2. The normalized spacial score (nSPS) is 15.3. The molecule has 0 spiro atoms. The number of methoxy groups -OCH3 is 1. The first-order valence-electron chi connectivity index (χ1n) is 5.68. The minimum absolute atomic E-state index is 0.0759. The molecule has 0 aromatic heterocycles. The molecule has 1 heterocycles. The molecule has 112 valence electrons. The summed E-state index contributed by atoms with van der Waals surface area (Å²) in [6.07, 6.45) is 1.39. The molecule has 1 aromatic carbocycles. The molecule has 5 nitrogen and oxygen atoms in total. The number of carbonyl (C=O) groups is 1. The van der Waals surface area contributed by atoms with E-state index in [2.05, 4.69) is 9.84 Å². The third-order valence-electron chi connectivity index (χ3n) is 2.45. The molecule has 1 amide bonds. The number of hydrogen-bond donors (Lipinski definition) is 0. The summed E-state index contributed by atoms with van der Waals surface area (Å²) >= 11 is 6.21. The van der Waals surface area contributed by atoms with E-state index in [1.54, 1.807) is 0 Å². The van der Waals surface area contributed by atoms with Gasteiger partial charge in [-0.1, -0.05) is 24.0 Å². The van der Waals surface area contributed by atoms with E-state index in [1.807, 2.05) is 0 Å². The zero-order chi connectivity index (χ0) is 15.4. The van der Waals surface area contributed by atoms with Crippen LogP contribution in [0.5, 0.6) is 11.5 Å². The molecule has 21 heavy (non-hydrogen) atoms. The molecule has 1 aliphatic rings. The topological polar surface area (TPSA) is 51.1 Å². The van der Waals surface area contributed by atoms with Crippen LogP contribution in [0.4, 0.5) is 8.78 Å². The second-order valence-corrected chi connectivity index (χ2v) is 5.40. The largest absolute Gasteiger partial charge is 0.493 e. The van der Waals surface area contributed by atoms with E-state index in [4.69, 9.17) is 17.0 Å². The molecule has 1 aromatic rings. The number of amides is 1. The SMILES string of the molecule is COc1cc(/C=N/N2C(=O)CSC2=S)ccc1OC(F)F. The molecule has 0 saturated carbocycles. The second-order valence-electron chi connectivity index (χ2n) is 3.79. The smallest absolute Gasteiger partial charge is 0.387 e. The number of hydrogen-bond acceptors (Lipinski definition) is 6. The van der Waals surface area contributed by atoms with E-state index >= 15 is 0 Å². The molecule has 9 heteroatoms. The van der Waals surface area contributed by atoms with Crippen LogP contribution in [0, 0.1) is 0 Å². The lowest BCUT2D eigenvalue weighted by molar-refractivity contribution is -0.124. The van der Waals surface area contributed by atoms with Crippen molar-refractivity contribution >= 4 is 40.4 Å². The summed E-state index contributed by atoms with van der Waals surface area (Å²) in [7, 11) is 1.34. The third kappa shape index (κ3) is 3.88. The van der Waals surface area contributed by atoms with Crippen molar-refractivity contribution < 1.29 is 23.0 Å². The number of rotatable bonds is 5. The fourth-order valence-electron chi connectivity index (χ4n) is 1.54. The molecule has 1 aliphatic heterocycles. The highest BCUT2D eigenvalue weighted by atomic mass is 32.2. The molecule has 0 unspecified atom stereocenters. The fraction of sp³-hybridized carbons (Fsp3) is 0.250. The average molecular weight is 332 g/mol. The third-order valence-corrected chi connectivity index (χ3v) is 3.79. The van der Waals surface area contributed by atoms with Crippen molar-refractivity contribution in [3.8, 4) is 11.5 Å². The Hall–Kier alpha value is -1.74. The highest BCUT2D eigenvalue weighted by Gasteiger charge is 2.25. The minimum Gasteiger partial charge on any atom is -0.493 e. The highest BCUT2D eigenvalue weighted by molar-refractivity contribution is 8.23. The first kappa shape index (κ1) is 15.6. The van der Waals surface area contributed by atoms with Gasteiger partial charge in [-0.15, -0.1) is 0 Å². The van der Waals surface area contributed by atoms with Gasteiger partial charge in [-0.3, -0.25) is 4.79 Å². The number of nitrogens with zero attached hydrogens (tertiary/aromatic N) is 2. The van der Waals surface area contributed by atoms with Crippen LogP contribution in [0.1, 0.15) is 5.56 Å². The predicted molar refractivity (Wildman–Crippen MR) is 79.1 cm³/mol. The second kappa shape index (κ2) is 6.81. The van der Waals surface area contributed by atoms with Crippen LogP contribution in [0.25, 0.3) is 0 Å². The molecule has 0 bridgehead atoms. The molecule has 0 radical (unpaired) electrons. The van der Waals surface area contributed by atoms with Gasteiger partial charge in [0.1, 0.15) is 0 Å². The van der Waals surface area contributed by atoms with Crippen LogP contribution >= 0.6 is 24.0 Å². The monoisotopic (exact) mass is 332 g/mol. The van der Waals surface area contributed by atoms with Crippen LogP contribution in [0.15, 0.2) is 23.3 Å². The molecule has 0 atom stereocenters. The number of ether oxygens (including phenoxy) is 2. The number of hydrazone groups is 1. The summed E-state index contributed by atoms with van der Waals surface area (Å²) in [4.78, 5) is 11.5. The Bertz CT molecular complexity index is 580. The lowest BCUT2D eigenvalue weighted by Gasteiger charge is -2.10. The van der Waals surface area contributed by atoms with Gasteiger partial charge in [0.05, 0.1) is 19.1 Å². The molecular weight excluding hydrogens is 322 g/mol. The van der Waals surface area contributed by atoms with Gasteiger partial charge in [-0.2, -0.15) is 18.9 Å². The molecule has 0 aliphatic carbocycles. The van der Waals surface area contributed by atoms with E-state index in [0.717, 1.165) is 5.01 Å². The van der Waals surface area contributed by atoms with Crippen molar-refractivity contribution in [3.05, 3.63) is 23.8 Å². The van der Waals surface area contributed by atoms with Crippen LogP contribution in [-0.2, 0) is 4.79 Å². The maximum atomic E-state index is 12.2. The first-order valence-corrected chi connectivity index (χ1v) is 7.07. The number of halogens is 2. The van der Waals surface area contributed by atoms with Gasteiger partial charge in [0.2, 0.25) is 0 Å². The average Bonchev–Trinajstić information content (AvgIpc) is 2.76. The summed E-state index contributed by atoms with van der Waals surface area (Å²) in [6.45, 7) is -2.94. The van der Waals surface area contributed by atoms with Crippen LogP contribution in [-0.4, -0.2) is 40.9 Å². The van der Waals surface area contributed by atoms with Crippen molar-refractivity contribution in [1.29, 1.82) is 0 Å². The van der Waals surface area contributed by atoms with Gasteiger partial charge in [0.25, 0.3) is 5.91 Å². The Balaban J connectivity index is 2.17. The summed E-state index contributed by atoms with van der Waals surface area (Å²) in [5.41, 5.74) is 0.556. The Kier molecular flexibility index (Phi) is 5.07. The maximum Gasteiger partial charge on any atom is 0.387 e. The Morgan fingerprint density at radius 3 is 2.81 bits per heavy atom. The van der Waals surface area contributed by atoms with E-state index in [-0.39, 0.29) is 23.2 Å². The number of alkyl halides is 2. The summed E-state index contributed by atoms with van der Waals surface area (Å²) in [6, 6.07) is 4.32. The standard InChI is InChI=1S/C12H10F2N2O3S2/c1-18-9-4-7(2-3-8(9)19-11(13)14)5-15-16-10(17)6-21-12(16)20/h2-5,11H,6H2,1H3/b15-5+.